The second-order valence-corrected chi connectivity index (χ2v) is 8.00. The van der Waals surface area contributed by atoms with E-state index >= 15 is 0 Å². The van der Waals surface area contributed by atoms with E-state index in [-0.39, 0.29) is 6.10 Å². The molecule has 0 spiro atoms. The SMILES string of the molecule is Cc1nc(-c2ccc(C(F)(F)F)cc2)ccc1C(C)Oc1ccc(OCC(=O)O)c2ccccc12. The molecule has 3 aromatic carbocycles. The molecule has 0 radical (unpaired) electrons. The highest BCUT2D eigenvalue weighted by Gasteiger charge is 2.30. The molecule has 0 saturated carbocycles. The lowest BCUT2D eigenvalue weighted by molar-refractivity contribution is -0.139. The molecule has 5 nitrogen and oxygen atoms in total. The van der Waals surface area contributed by atoms with Gasteiger partial charge in [-0.1, -0.05) is 42.5 Å². The zero-order chi connectivity index (χ0) is 25.2. The van der Waals surface area contributed by atoms with Crippen LogP contribution in [0.15, 0.2) is 72.8 Å². The van der Waals surface area contributed by atoms with Gasteiger partial charge in [-0.3, -0.25) is 4.98 Å². The van der Waals surface area contributed by atoms with Crippen molar-refractivity contribution in [3.05, 3.63) is 89.6 Å². The largest absolute Gasteiger partial charge is 0.485 e. The molecule has 8 heteroatoms. The van der Waals surface area contributed by atoms with Crippen molar-refractivity contribution in [2.45, 2.75) is 26.1 Å². The van der Waals surface area contributed by atoms with Crippen LogP contribution >= 0.6 is 0 Å². The van der Waals surface area contributed by atoms with Gasteiger partial charge in [0.05, 0.1) is 11.3 Å². The normalized spacial score (nSPS) is 12.4. The average molecular weight is 481 g/mol. The lowest BCUT2D eigenvalue weighted by atomic mass is 10.0. The third-order valence-electron chi connectivity index (χ3n) is 5.57. The summed E-state index contributed by atoms with van der Waals surface area (Å²) in [5.41, 5.74) is 1.97. The molecule has 180 valence electrons. The van der Waals surface area contributed by atoms with E-state index < -0.39 is 24.3 Å². The smallest absolute Gasteiger partial charge is 0.416 e. The third-order valence-corrected chi connectivity index (χ3v) is 5.57. The molecule has 0 aliphatic rings. The zero-order valence-corrected chi connectivity index (χ0v) is 19.0. The minimum atomic E-state index is -4.39. The molecule has 1 aromatic heterocycles. The predicted molar refractivity (Wildman–Crippen MR) is 126 cm³/mol. The number of pyridine rings is 1. The van der Waals surface area contributed by atoms with Crippen molar-refractivity contribution < 1.29 is 32.5 Å². The molecule has 0 bridgehead atoms. The second-order valence-electron chi connectivity index (χ2n) is 8.00. The second kappa shape index (κ2) is 9.66. The molecular formula is C27H22F3NO4. The Bertz CT molecular complexity index is 1370. The van der Waals surface area contributed by atoms with Crippen LogP contribution in [0.1, 0.15) is 29.8 Å². The number of nitrogens with zero attached hydrogens (tertiary/aromatic N) is 1. The van der Waals surface area contributed by atoms with Gasteiger partial charge in [-0.2, -0.15) is 13.2 Å². The van der Waals surface area contributed by atoms with Crippen molar-refractivity contribution in [2.24, 2.45) is 0 Å². The van der Waals surface area contributed by atoms with E-state index in [0.717, 1.165) is 28.5 Å². The standard InChI is InChI=1S/C27H22F3NO4/c1-16-20(11-12-23(31-16)18-7-9-19(10-8-18)27(28,29)30)17(2)35-25-14-13-24(34-15-26(32)33)21-5-3-4-6-22(21)25/h3-14,17H,15H2,1-2H3,(H,32,33). The summed E-state index contributed by atoms with van der Waals surface area (Å²) in [6, 6.07) is 19.3. The highest BCUT2D eigenvalue weighted by atomic mass is 19.4. The summed E-state index contributed by atoms with van der Waals surface area (Å²) >= 11 is 0. The Morgan fingerprint density at radius 1 is 0.943 bits per heavy atom. The first-order valence-corrected chi connectivity index (χ1v) is 10.8. The van der Waals surface area contributed by atoms with Gasteiger partial charge in [-0.25, -0.2) is 4.79 Å². The summed E-state index contributed by atoms with van der Waals surface area (Å²) in [6.07, 6.45) is -4.76. The number of halogens is 3. The van der Waals surface area contributed by atoms with Gasteiger partial charge in [-0.05, 0) is 44.2 Å². The summed E-state index contributed by atoms with van der Waals surface area (Å²) in [7, 11) is 0. The van der Waals surface area contributed by atoms with Crippen LogP contribution in [0.5, 0.6) is 11.5 Å². The monoisotopic (exact) mass is 481 g/mol. The molecule has 0 amide bonds. The first-order chi connectivity index (χ1) is 16.6. The molecule has 1 atom stereocenters. The molecular weight excluding hydrogens is 459 g/mol. The van der Waals surface area contributed by atoms with E-state index in [9.17, 15) is 18.0 Å². The maximum Gasteiger partial charge on any atom is 0.416 e. The number of fused-ring (bicyclic) bond motifs is 1. The lowest BCUT2D eigenvalue weighted by Crippen LogP contribution is -2.10. The van der Waals surface area contributed by atoms with Crippen LogP contribution in [0.3, 0.4) is 0 Å². The topological polar surface area (TPSA) is 68.7 Å². The van der Waals surface area contributed by atoms with Gasteiger partial charge in [0, 0.05) is 27.6 Å². The van der Waals surface area contributed by atoms with E-state index in [0.29, 0.717) is 28.5 Å². The van der Waals surface area contributed by atoms with Gasteiger partial charge >= 0.3 is 12.1 Å². The number of aryl methyl sites for hydroxylation is 1. The van der Waals surface area contributed by atoms with Gasteiger partial charge < -0.3 is 14.6 Å². The molecule has 4 rings (SSSR count). The predicted octanol–water partition coefficient (Wildman–Crippen LogP) is 6.83. The van der Waals surface area contributed by atoms with Crippen molar-refractivity contribution >= 4 is 16.7 Å². The molecule has 4 aromatic rings. The Hall–Kier alpha value is -4.07. The average Bonchev–Trinajstić information content (AvgIpc) is 2.83. The van der Waals surface area contributed by atoms with Crippen molar-refractivity contribution in [1.82, 2.24) is 4.98 Å². The first-order valence-electron chi connectivity index (χ1n) is 10.8. The molecule has 1 unspecified atom stereocenters. The number of benzene rings is 3. The van der Waals surface area contributed by atoms with E-state index in [1.165, 1.54) is 12.1 Å². The van der Waals surface area contributed by atoms with Crippen molar-refractivity contribution in [3.8, 4) is 22.8 Å². The molecule has 0 fully saturated rings. The van der Waals surface area contributed by atoms with E-state index in [1.54, 1.807) is 18.2 Å². The quantitative estimate of drug-likeness (QED) is 0.313. The van der Waals surface area contributed by atoms with Gasteiger partial charge in [0.2, 0.25) is 0 Å². The number of carboxylic acid groups (broad SMARTS) is 1. The number of carboxylic acids is 1. The Balaban J connectivity index is 1.57. The fraction of sp³-hybridized carbons (Fsp3) is 0.185. The first kappa shape index (κ1) is 24.1. The Morgan fingerprint density at radius 3 is 2.17 bits per heavy atom. The third kappa shape index (κ3) is 5.37. The number of hydrogen-bond donors (Lipinski definition) is 1. The number of alkyl halides is 3. The number of hydrogen-bond acceptors (Lipinski definition) is 4. The summed E-state index contributed by atoms with van der Waals surface area (Å²) in [5, 5.41) is 10.4. The summed E-state index contributed by atoms with van der Waals surface area (Å²) in [5.74, 6) is -0.0190. The fourth-order valence-electron chi connectivity index (χ4n) is 3.86. The van der Waals surface area contributed by atoms with Gasteiger partial charge in [-0.15, -0.1) is 0 Å². The molecule has 0 saturated heterocycles. The number of rotatable bonds is 7. The fourth-order valence-corrected chi connectivity index (χ4v) is 3.86. The van der Waals surface area contributed by atoms with Crippen molar-refractivity contribution in [3.63, 3.8) is 0 Å². The van der Waals surface area contributed by atoms with Crippen LogP contribution < -0.4 is 9.47 Å². The number of ether oxygens (including phenoxy) is 2. The van der Waals surface area contributed by atoms with E-state index in [1.807, 2.05) is 44.2 Å². The van der Waals surface area contributed by atoms with Crippen LogP contribution in [0, 0.1) is 6.92 Å². The van der Waals surface area contributed by atoms with Crippen molar-refractivity contribution in [1.29, 1.82) is 0 Å². The van der Waals surface area contributed by atoms with Crippen molar-refractivity contribution in [2.75, 3.05) is 6.61 Å². The minimum absolute atomic E-state index is 0.377. The minimum Gasteiger partial charge on any atom is -0.485 e. The summed E-state index contributed by atoms with van der Waals surface area (Å²) < 4.78 is 50.1. The maximum absolute atomic E-state index is 12.8. The molecule has 1 N–H and O–H groups in total. The van der Waals surface area contributed by atoms with Crippen LogP contribution in [0.25, 0.3) is 22.0 Å². The molecule has 1 heterocycles. The maximum atomic E-state index is 12.8. The number of carbonyl (C=O) groups is 1. The molecule has 0 aliphatic carbocycles. The van der Waals surface area contributed by atoms with Crippen LogP contribution in [-0.2, 0) is 11.0 Å². The van der Waals surface area contributed by atoms with Crippen LogP contribution in [0.2, 0.25) is 0 Å². The Labute approximate surface area is 199 Å². The number of aromatic nitrogens is 1. The summed E-state index contributed by atoms with van der Waals surface area (Å²) in [6.45, 7) is 3.26. The van der Waals surface area contributed by atoms with Crippen LogP contribution in [-0.4, -0.2) is 22.7 Å². The molecule has 35 heavy (non-hydrogen) atoms. The zero-order valence-electron chi connectivity index (χ0n) is 19.0. The van der Waals surface area contributed by atoms with Gasteiger partial charge in [0.1, 0.15) is 17.6 Å². The lowest BCUT2D eigenvalue weighted by Gasteiger charge is -2.19. The van der Waals surface area contributed by atoms with Crippen LogP contribution in [0.4, 0.5) is 13.2 Å². The van der Waals surface area contributed by atoms with Gasteiger partial charge in [0.15, 0.2) is 6.61 Å². The Morgan fingerprint density at radius 2 is 1.57 bits per heavy atom. The van der Waals surface area contributed by atoms with Gasteiger partial charge in [0.25, 0.3) is 0 Å². The van der Waals surface area contributed by atoms with E-state index in [4.69, 9.17) is 14.6 Å². The Kier molecular flexibility index (Phi) is 6.64. The number of aliphatic carboxylic acids is 1. The highest BCUT2D eigenvalue weighted by Crippen LogP contribution is 2.36. The molecule has 0 aliphatic heterocycles. The highest BCUT2D eigenvalue weighted by molar-refractivity contribution is 5.93. The van der Waals surface area contributed by atoms with E-state index in [2.05, 4.69) is 4.98 Å². The summed E-state index contributed by atoms with van der Waals surface area (Å²) in [4.78, 5) is 15.5.